The maximum atomic E-state index is 13.8. The Morgan fingerprint density at radius 3 is 2.41 bits per heavy atom. The summed E-state index contributed by atoms with van der Waals surface area (Å²) in [6.07, 6.45) is 0.465. The lowest BCUT2D eigenvalue weighted by atomic mass is 10.2. The summed E-state index contributed by atoms with van der Waals surface area (Å²) in [4.78, 5) is 25.0. The largest absolute Gasteiger partial charge is 0.274 e. The van der Waals surface area contributed by atoms with Gasteiger partial charge in [0.15, 0.2) is 0 Å². The van der Waals surface area contributed by atoms with E-state index in [-0.39, 0.29) is 37.0 Å². The van der Waals surface area contributed by atoms with Crippen LogP contribution in [0.3, 0.4) is 0 Å². The molecule has 1 saturated heterocycles. The van der Waals surface area contributed by atoms with Crippen LogP contribution in [-0.4, -0.2) is 21.6 Å². The molecule has 5 nitrogen and oxygen atoms in total. The van der Waals surface area contributed by atoms with Crippen LogP contribution in [0.5, 0.6) is 0 Å². The first kappa shape index (κ1) is 14.4. The van der Waals surface area contributed by atoms with E-state index < -0.39 is 0 Å². The Hall–Kier alpha value is -2.50. The first-order chi connectivity index (χ1) is 10.5. The number of nitrogens with zero attached hydrogens (tertiary/aromatic N) is 3. The number of hydrogen-bond acceptors (Lipinski definition) is 3. The number of rotatable bonds is 3. The van der Waals surface area contributed by atoms with Gasteiger partial charge in [-0.05, 0) is 19.9 Å². The summed E-state index contributed by atoms with van der Waals surface area (Å²) in [5.74, 6) is -0.715. The fourth-order valence-electron chi connectivity index (χ4n) is 2.78. The summed E-state index contributed by atoms with van der Waals surface area (Å²) in [7, 11) is 0. The molecular weight excluding hydrogens is 285 g/mol. The molecule has 0 N–H and O–H groups in total. The number of benzene rings is 1. The van der Waals surface area contributed by atoms with Crippen molar-refractivity contribution >= 4 is 17.5 Å². The second-order valence-corrected chi connectivity index (χ2v) is 5.39. The van der Waals surface area contributed by atoms with Gasteiger partial charge in [-0.15, -0.1) is 0 Å². The zero-order chi connectivity index (χ0) is 15.9. The number of aryl methyl sites for hydroxylation is 1. The first-order valence-corrected chi connectivity index (χ1v) is 7.12. The van der Waals surface area contributed by atoms with Gasteiger partial charge in [0, 0.05) is 18.4 Å². The van der Waals surface area contributed by atoms with Gasteiger partial charge < -0.3 is 0 Å². The summed E-state index contributed by atoms with van der Waals surface area (Å²) in [6.45, 7) is 3.80. The van der Waals surface area contributed by atoms with E-state index in [1.165, 1.54) is 11.0 Å². The van der Waals surface area contributed by atoms with Crippen molar-refractivity contribution in [1.29, 1.82) is 0 Å². The lowest BCUT2D eigenvalue weighted by molar-refractivity contribution is -0.121. The van der Waals surface area contributed by atoms with E-state index in [1.807, 2.05) is 0 Å². The van der Waals surface area contributed by atoms with E-state index >= 15 is 0 Å². The molecule has 3 rings (SSSR count). The van der Waals surface area contributed by atoms with Crippen molar-refractivity contribution in [1.82, 2.24) is 9.78 Å². The molecular formula is C16H16FN3O2. The quantitative estimate of drug-likeness (QED) is 0.818. The number of hydrogen-bond donors (Lipinski definition) is 0. The van der Waals surface area contributed by atoms with Crippen LogP contribution >= 0.6 is 0 Å². The predicted octanol–water partition coefficient (Wildman–Crippen LogP) is 2.34. The van der Waals surface area contributed by atoms with Gasteiger partial charge in [-0.2, -0.15) is 5.10 Å². The fourth-order valence-corrected chi connectivity index (χ4v) is 2.78. The third-order valence-electron chi connectivity index (χ3n) is 3.90. The molecule has 1 aliphatic heterocycles. The van der Waals surface area contributed by atoms with Gasteiger partial charge in [0.2, 0.25) is 11.8 Å². The topological polar surface area (TPSA) is 55.2 Å². The average molecular weight is 301 g/mol. The van der Waals surface area contributed by atoms with Gasteiger partial charge in [0.25, 0.3) is 0 Å². The third-order valence-corrected chi connectivity index (χ3v) is 3.90. The van der Waals surface area contributed by atoms with Crippen LogP contribution in [0.4, 0.5) is 10.1 Å². The second-order valence-electron chi connectivity index (χ2n) is 5.39. The lowest BCUT2D eigenvalue weighted by Gasteiger charge is -2.14. The molecule has 0 saturated carbocycles. The lowest BCUT2D eigenvalue weighted by Crippen LogP contribution is -2.29. The number of aromatic nitrogens is 2. The van der Waals surface area contributed by atoms with E-state index in [1.54, 1.807) is 36.7 Å². The number of anilines is 1. The molecule has 114 valence electrons. The molecule has 0 radical (unpaired) electrons. The molecule has 6 heteroatoms. The molecule has 0 bridgehead atoms. The number of carbonyl (C=O) groups excluding carboxylic acids is 2. The van der Waals surface area contributed by atoms with E-state index in [0.717, 1.165) is 0 Å². The highest BCUT2D eigenvalue weighted by Gasteiger charge is 2.34. The highest BCUT2D eigenvalue weighted by atomic mass is 19.1. The van der Waals surface area contributed by atoms with Crippen molar-refractivity contribution in [2.75, 3.05) is 4.90 Å². The Bertz CT molecular complexity index is 751. The van der Waals surface area contributed by atoms with Crippen molar-refractivity contribution in [3.63, 3.8) is 0 Å². The first-order valence-electron chi connectivity index (χ1n) is 7.12. The van der Waals surface area contributed by atoms with Gasteiger partial charge in [-0.25, -0.2) is 9.29 Å². The van der Waals surface area contributed by atoms with Crippen molar-refractivity contribution in [3.05, 3.63) is 47.0 Å². The van der Waals surface area contributed by atoms with Crippen LogP contribution in [0.2, 0.25) is 0 Å². The zero-order valence-electron chi connectivity index (χ0n) is 12.5. The monoisotopic (exact) mass is 301 g/mol. The molecule has 2 amide bonds. The van der Waals surface area contributed by atoms with E-state index in [9.17, 15) is 14.0 Å². The average Bonchev–Trinajstić information content (AvgIpc) is 2.94. The Morgan fingerprint density at radius 1 is 1.14 bits per heavy atom. The summed E-state index contributed by atoms with van der Waals surface area (Å²) in [5, 5.41) is 4.36. The number of amides is 2. The number of carbonyl (C=O) groups is 2. The zero-order valence-corrected chi connectivity index (χ0v) is 12.5. The van der Waals surface area contributed by atoms with E-state index in [0.29, 0.717) is 22.6 Å². The van der Waals surface area contributed by atoms with Crippen LogP contribution in [0, 0.1) is 19.7 Å². The second kappa shape index (κ2) is 5.36. The molecule has 2 aromatic rings. The van der Waals surface area contributed by atoms with Gasteiger partial charge in [0.05, 0.1) is 23.6 Å². The van der Waals surface area contributed by atoms with Crippen LogP contribution in [0.15, 0.2) is 24.3 Å². The molecule has 1 aromatic heterocycles. The highest BCUT2D eigenvalue weighted by molar-refractivity contribution is 6.20. The summed E-state index contributed by atoms with van der Waals surface area (Å²) in [6, 6.07) is 6.48. The summed E-state index contributed by atoms with van der Waals surface area (Å²) in [5.41, 5.74) is 2.32. The Kier molecular flexibility index (Phi) is 3.52. The Morgan fingerprint density at radius 2 is 1.77 bits per heavy atom. The van der Waals surface area contributed by atoms with Crippen LogP contribution < -0.4 is 4.90 Å². The Labute approximate surface area is 127 Å². The molecule has 1 fully saturated rings. The van der Waals surface area contributed by atoms with Crippen LogP contribution in [0.1, 0.15) is 29.8 Å². The minimum atomic E-state index is -0.301. The standard InChI is InChI=1S/C16H16FN3O2/c1-10-16(20-14(21)7-8-15(20)22)11(2)19(18-10)9-12-5-3-4-6-13(12)17/h3-6H,7-9H2,1-2H3. The van der Waals surface area contributed by atoms with E-state index in [2.05, 4.69) is 5.10 Å². The third kappa shape index (κ3) is 2.30. The predicted molar refractivity (Wildman–Crippen MR) is 78.9 cm³/mol. The molecule has 1 aliphatic rings. The maximum Gasteiger partial charge on any atom is 0.234 e. The highest BCUT2D eigenvalue weighted by Crippen LogP contribution is 2.29. The molecule has 2 heterocycles. The molecule has 0 aliphatic carbocycles. The van der Waals surface area contributed by atoms with Crippen molar-refractivity contribution in [2.45, 2.75) is 33.2 Å². The summed E-state index contributed by atoms with van der Waals surface area (Å²) < 4.78 is 15.4. The SMILES string of the molecule is Cc1nn(Cc2ccccc2F)c(C)c1N1C(=O)CCC1=O. The van der Waals surface area contributed by atoms with Crippen molar-refractivity contribution in [2.24, 2.45) is 0 Å². The van der Waals surface area contributed by atoms with Gasteiger partial charge in [-0.1, -0.05) is 18.2 Å². The maximum absolute atomic E-state index is 13.8. The van der Waals surface area contributed by atoms with Crippen LogP contribution in [0.25, 0.3) is 0 Å². The van der Waals surface area contributed by atoms with Gasteiger partial charge >= 0.3 is 0 Å². The van der Waals surface area contributed by atoms with Gasteiger partial charge in [-0.3, -0.25) is 14.3 Å². The van der Waals surface area contributed by atoms with E-state index in [4.69, 9.17) is 0 Å². The molecule has 0 spiro atoms. The number of imide groups is 1. The molecule has 0 unspecified atom stereocenters. The minimum absolute atomic E-state index is 0.207. The van der Waals surface area contributed by atoms with Crippen molar-refractivity contribution in [3.8, 4) is 0 Å². The van der Waals surface area contributed by atoms with Gasteiger partial charge in [0.1, 0.15) is 5.82 Å². The minimum Gasteiger partial charge on any atom is -0.274 e. The van der Waals surface area contributed by atoms with Crippen LogP contribution in [-0.2, 0) is 16.1 Å². The molecule has 1 aromatic carbocycles. The smallest absolute Gasteiger partial charge is 0.234 e. The molecule has 22 heavy (non-hydrogen) atoms. The Balaban J connectivity index is 1.99. The fraction of sp³-hybridized carbons (Fsp3) is 0.312. The number of halogens is 1. The summed E-state index contributed by atoms with van der Waals surface area (Å²) >= 11 is 0. The normalized spacial score (nSPS) is 15.0. The molecule has 0 atom stereocenters. The van der Waals surface area contributed by atoms with Crippen molar-refractivity contribution < 1.29 is 14.0 Å².